The fourth-order valence-electron chi connectivity index (χ4n) is 4.99. The highest BCUT2D eigenvalue weighted by Crippen LogP contribution is 2.39. The number of aryl methyl sites for hydroxylation is 1. The highest BCUT2D eigenvalue weighted by atomic mass is 16.2. The molecule has 2 N–H and O–H groups in total. The fourth-order valence-corrected chi connectivity index (χ4v) is 4.99. The van der Waals surface area contributed by atoms with E-state index in [-0.39, 0.29) is 11.6 Å². The van der Waals surface area contributed by atoms with Crippen LogP contribution in [0.3, 0.4) is 0 Å². The number of hydrogen-bond donors (Lipinski definition) is 2. The standard InChI is InChI=1S/C29H43N3O.2C2H6/c1-5-29(3)19-10-15-26-22-25(23(2)18-21-30-4)16-17-27(26)32(29)28(33)31-20-11-14-24-12-8-6-7-9-13-24;2*1-2/h6-8,12-13,16-17,22-23,30H,5,9-11,14-15,18-21H2,1-4H3,(H,31,33);2*1-2H3. The van der Waals surface area contributed by atoms with Gasteiger partial charge < -0.3 is 10.6 Å². The van der Waals surface area contributed by atoms with Crippen LogP contribution in [-0.2, 0) is 6.42 Å². The molecule has 0 bridgehead atoms. The topological polar surface area (TPSA) is 44.4 Å². The van der Waals surface area contributed by atoms with Crippen LogP contribution in [0.15, 0.2) is 54.2 Å². The summed E-state index contributed by atoms with van der Waals surface area (Å²) in [5, 5.41) is 6.50. The molecule has 0 aromatic heterocycles. The van der Waals surface area contributed by atoms with Gasteiger partial charge in [0.05, 0.1) is 0 Å². The van der Waals surface area contributed by atoms with Crippen LogP contribution in [0.25, 0.3) is 0 Å². The van der Waals surface area contributed by atoms with Gasteiger partial charge in [-0.05, 0) is 95.0 Å². The van der Waals surface area contributed by atoms with Crippen LogP contribution in [-0.4, -0.2) is 31.7 Å². The van der Waals surface area contributed by atoms with E-state index < -0.39 is 0 Å². The van der Waals surface area contributed by atoms with Gasteiger partial charge in [0, 0.05) is 17.8 Å². The van der Waals surface area contributed by atoms with Gasteiger partial charge in [-0.15, -0.1) is 0 Å². The predicted octanol–water partition coefficient (Wildman–Crippen LogP) is 8.70. The molecule has 2 unspecified atom stereocenters. The minimum Gasteiger partial charge on any atom is -0.338 e. The normalized spacial score (nSPS) is 19.1. The van der Waals surface area contributed by atoms with Crippen LogP contribution in [0.4, 0.5) is 10.5 Å². The molecule has 0 saturated heterocycles. The molecule has 1 aliphatic carbocycles. The first-order valence-corrected chi connectivity index (χ1v) is 14.9. The first kappa shape index (κ1) is 32.7. The third kappa shape index (κ3) is 9.81. The van der Waals surface area contributed by atoms with Gasteiger partial charge in [-0.25, -0.2) is 4.79 Å². The Hall–Kier alpha value is -2.33. The maximum Gasteiger partial charge on any atom is 0.322 e. The van der Waals surface area contributed by atoms with Crippen LogP contribution in [0.5, 0.6) is 0 Å². The van der Waals surface area contributed by atoms with E-state index in [2.05, 4.69) is 84.9 Å². The molecule has 2 atom stereocenters. The first-order valence-electron chi connectivity index (χ1n) is 14.9. The quantitative estimate of drug-likeness (QED) is 0.327. The average Bonchev–Trinajstić information content (AvgIpc) is 3.29. The van der Waals surface area contributed by atoms with Crippen LogP contribution in [0.2, 0.25) is 0 Å². The summed E-state index contributed by atoms with van der Waals surface area (Å²) in [5.74, 6) is 0.508. The lowest BCUT2D eigenvalue weighted by molar-refractivity contribution is 0.236. The number of urea groups is 1. The smallest absolute Gasteiger partial charge is 0.322 e. The number of carbonyl (C=O) groups is 1. The summed E-state index contributed by atoms with van der Waals surface area (Å²) < 4.78 is 0. The molecule has 0 fully saturated rings. The van der Waals surface area contributed by atoms with Crippen molar-refractivity contribution in [3.63, 3.8) is 0 Å². The van der Waals surface area contributed by atoms with E-state index in [4.69, 9.17) is 0 Å². The van der Waals surface area contributed by atoms with Crippen molar-refractivity contribution in [1.82, 2.24) is 10.6 Å². The number of benzene rings is 1. The number of amides is 2. The van der Waals surface area contributed by atoms with Crippen LogP contribution in [0, 0.1) is 0 Å². The van der Waals surface area contributed by atoms with Gasteiger partial charge in [-0.3, -0.25) is 4.90 Å². The third-order valence-corrected chi connectivity index (χ3v) is 7.40. The van der Waals surface area contributed by atoms with Crippen LogP contribution < -0.4 is 15.5 Å². The van der Waals surface area contributed by atoms with Crippen LogP contribution in [0.1, 0.15) is 110 Å². The summed E-state index contributed by atoms with van der Waals surface area (Å²) in [4.78, 5) is 15.6. The Bertz CT molecular complexity index is 886. The third-order valence-electron chi connectivity index (χ3n) is 7.40. The summed E-state index contributed by atoms with van der Waals surface area (Å²) in [6.45, 7) is 16.5. The Kier molecular flexibility index (Phi) is 15.9. The number of fused-ring (bicyclic) bond motifs is 1. The van der Waals surface area contributed by atoms with Gasteiger partial charge in [-0.2, -0.15) is 0 Å². The van der Waals surface area contributed by atoms with E-state index in [9.17, 15) is 4.79 Å². The number of rotatable bonds is 9. The van der Waals surface area contributed by atoms with Crippen molar-refractivity contribution in [2.45, 2.75) is 111 Å². The van der Waals surface area contributed by atoms with E-state index in [1.165, 1.54) is 16.7 Å². The monoisotopic (exact) mass is 509 g/mol. The molecular formula is C33H55N3O. The largest absolute Gasteiger partial charge is 0.338 e. The molecule has 1 aromatic carbocycles. The average molecular weight is 510 g/mol. The SMILES string of the molecule is CC.CC.CCC1(C)CCCc2cc(C(C)CCNC)ccc2N1C(=O)NCCCC1=CCC=CC=C1. The zero-order valence-corrected chi connectivity index (χ0v) is 25.1. The zero-order valence-electron chi connectivity index (χ0n) is 25.1. The Labute approximate surface area is 228 Å². The molecule has 4 heteroatoms. The van der Waals surface area contributed by atoms with Crippen molar-refractivity contribution in [3.05, 3.63) is 65.3 Å². The molecule has 2 amide bonds. The highest BCUT2D eigenvalue weighted by Gasteiger charge is 2.37. The van der Waals surface area contributed by atoms with Gasteiger partial charge in [0.15, 0.2) is 0 Å². The zero-order chi connectivity index (χ0) is 27.7. The lowest BCUT2D eigenvalue weighted by Gasteiger charge is -2.40. The summed E-state index contributed by atoms with van der Waals surface area (Å²) in [7, 11) is 2.01. The predicted molar refractivity (Wildman–Crippen MR) is 164 cm³/mol. The van der Waals surface area contributed by atoms with E-state index in [0.717, 1.165) is 63.6 Å². The number of carbonyl (C=O) groups excluding carboxylic acids is 1. The van der Waals surface area contributed by atoms with Crippen molar-refractivity contribution in [2.75, 3.05) is 25.0 Å². The van der Waals surface area contributed by atoms with Gasteiger partial charge in [-0.1, -0.05) is 89.6 Å². The van der Waals surface area contributed by atoms with Crippen molar-refractivity contribution in [3.8, 4) is 0 Å². The molecular weight excluding hydrogens is 454 g/mol. The molecule has 0 saturated carbocycles. The number of nitrogens with zero attached hydrogens (tertiary/aromatic N) is 1. The molecule has 37 heavy (non-hydrogen) atoms. The molecule has 208 valence electrons. The van der Waals surface area contributed by atoms with E-state index >= 15 is 0 Å². The lowest BCUT2D eigenvalue weighted by atomic mass is 9.91. The number of anilines is 1. The number of hydrogen-bond acceptors (Lipinski definition) is 2. The molecule has 0 spiro atoms. The Balaban J connectivity index is 0.00000163. The Morgan fingerprint density at radius 2 is 1.89 bits per heavy atom. The molecule has 0 radical (unpaired) electrons. The summed E-state index contributed by atoms with van der Waals surface area (Å²) in [6.07, 6.45) is 19.0. The van der Waals surface area contributed by atoms with E-state index in [0.29, 0.717) is 12.5 Å². The molecule has 1 aromatic rings. The van der Waals surface area contributed by atoms with E-state index in [1.807, 2.05) is 34.7 Å². The van der Waals surface area contributed by atoms with Crippen molar-refractivity contribution >= 4 is 11.7 Å². The molecule has 3 rings (SSSR count). The summed E-state index contributed by atoms with van der Waals surface area (Å²) in [6, 6.07) is 6.84. The van der Waals surface area contributed by atoms with Crippen molar-refractivity contribution < 1.29 is 4.79 Å². The van der Waals surface area contributed by atoms with Gasteiger partial charge in [0.1, 0.15) is 0 Å². The van der Waals surface area contributed by atoms with Crippen LogP contribution >= 0.6 is 0 Å². The molecule has 4 nitrogen and oxygen atoms in total. The second-order valence-corrected chi connectivity index (χ2v) is 9.86. The van der Waals surface area contributed by atoms with Crippen molar-refractivity contribution in [2.24, 2.45) is 0 Å². The van der Waals surface area contributed by atoms with E-state index in [1.54, 1.807) is 0 Å². The first-order chi connectivity index (χ1) is 18.0. The second-order valence-electron chi connectivity index (χ2n) is 9.86. The maximum atomic E-state index is 13.5. The van der Waals surface area contributed by atoms with Crippen molar-refractivity contribution in [1.29, 1.82) is 0 Å². The number of allylic oxidation sites excluding steroid dienone is 6. The molecule has 1 aliphatic heterocycles. The Morgan fingerprint density at radius 3 is 2.59 bits per heavy atom. The molecule has 2 aliphatic rings. The minimum atomic E-state index is -0.160. The molecule has 1 heterocycles. The summed E-state index contributed by atoms with van der Waals surface area (Å²) in [5.41, 5.74) is 4.99. The lowest BCUT2D eigenvalue weighted by Crippen LogP contribution is -2.53. The highest BCUT2D eigenvalue weighted by molar-refractivity contribution is 5.94. The van der Waals surface area contributed by atoms with Gasteiger partial charge in [0.25, 0.3) is 0 Å². The number of nitrogens with one attached hydrogen (secondary N) is 2. The maximum absolute atomic E-state index is 13.5. The van der Waals surface area contributed by atoms with Gasteiger partial charge in [0.2, 0.25) is 0 Å². The Morgan fingerprint density at radius 1 is 1.14 bits per heavy atom. The fraction of sp³-hybridized carbons (Fsp3) is 0.606. The van der Waals surface area contributed by atoms with Gasteiger partial charge >= 0.3 is 6.03 Å². The summed E-state index contributed by atoms with van der Waals surface area (Å²) >= 11 is 0. The second kappa shape index (κ2) is 18.0. The minimum absolute atomic E-state index is 0.0468.